The molecule has 6 rings (SSSR count). The van der Waals surface area contributed by atoms with Gasteiger partial charge in [0, 0.05) is 56.9 Å². The van der Waals surface area contributed by atoms with Gasteiger partial charge in [0.2, 0.25) is 17.1 Å². The van der Waals surface area contributed by atoms with Gasteiger partial charge in [-0.3, -0.25) is 19.2 Å². The summed E-state index contributed by atoms with van der Waals surface area (Å²) in [5, 5.41) is 48.5. The van der Waals surface area contributed by atoms with Gasteiger partial charge in [-0.25, -0.2) is 0 Å². The summed E-state index contributed by atoms with van der Waals surface area (Å²) in [6, 6.07) is 6.29. The number of hydrogen-bond acceptors (Lipinski definition) is 20. The van der Waals surface area contributed by atoms with Gasteiger partial charge in [0.15, 0.2) is 29.8 Å². The number of carbonyl (C=O) groups excluding carboxylic acids is 3. The lowest BCUT2D eigenvalue weighted by Crippen LogP contribution is -2.61. The first kappa shape index (κ1) is 67.3. The van der Waals surface area contributed by atoms with Crippen LogP contribution in [0.5, 0.6) is 23.0 Å². The van der Waals surface area contributed by atoms with E-state index in [9.17, 15) is 39.6 Å². The molecule has 0 radical (unpaired) electrons. The summed E-state index contributed by atoms with van der Waals surface area (Å²) in [6.45, 7) is 18.5. The average molecular weight is 1150 g/mol. The minimum absolute atomic E-state index is 0.111. The number of ketones is 1. The Morgan fingerprint density at radius 1 is 0.790 bits per heavy atom. The van der Waals surface area contributed by atoms with Crippen molar-refractivity contribution >= 4 is 17.7 Å². The minimum Gasteiger partial charge on any atom is -0.493 e. The molecule has 0 spiro atoms. The molecular weight excluding hydrogens is 1050 g/mol. The van der Waals surface area contributed by atoms with E-state index in [0.29, 0.717) is 42.1 Å². The van der Waals surface area contributed by atoms with Crippen molar-refractivity contribution in [3.05, 3.63) is 45.6 Å². The molecular formula is C60H94N2O19. The number of aliphatic hydroxyl groups is 4. The van der Waals surface area contributed by atoms with Crippen LogP contribution in [0.1, 0.15) is 125 Å². The number of hydrogen-bond donors (Lipinski definition) is 5. The number of ether oxygens (including phenoxy) is 11. The molecule has 19 atom stereocenters. The summed E-state index contributed by atoms with van der Waals surface area (Å²) < 4.78 is 65.9. The van der Waals surface area contributed by atoms with Crippen molar-refractivity contribution < 1.29 is 86.9 Å². The number of methoxy groups -OCH3 is 6. The van der Waals surface area contributed by atoms with Crippen LogP contribution in [0.15, 0.2) is 29.1 Å². The van der Waals surface area contributed by atoms with Gasteiger partial charge in [0.1, 0.15) is 29.7 Å². The van der Waals surface area contributed by atoms with Gasteiger partial charge < -0.3 is 82.7 Å². The second kappa shape index (κ2) is 27.9. The SMILES string of the molecule is CC[C@H]1OC(=O)[C@H](C)[C@@H](O[C@H]2C[C@@](C)(OC)[C@@H](O)[C@H](C)O2)[C@H](C)[C@@H](O[C@@H]2O[C@H](C)C[C@H](N(C)C)[C@H]2O)[C@](C)(OC)C[C@@H](C)C(=O)[C@H](C)[C@@H](O)[C@]1(C)O.COc1cc2c(c(OC)c1OC)-c1ccc(OC)c(=O)cc1[C@@H](NC(C)=O)CC2. The van der Waals surface area contributed by atoms with Crippen LogP contribution in [-0.2, 0) is 54.0 Å². The number of aryl methyl sites for hydroxylation is 1. The average Bonchev–Trinajstić information content (AvgIpc) is 3.91. The first-order chi connectivity index (χ1) is 37.9. The molecule has 0 bridgehead atoms. The van der Waals surface area contributed by atoms with E-state index >= 15 is 0 Å². The van der Waals surface area contributed by atoms with Crippen LogP contribution in [0, 0.1) is 23.7 Å². The Labute approximate surface area is 478 Å². The number of nitrogens with zero attached hydrogens (tertiary/aromatic N) is 1. The quantitative estimate of drug-likeness (QED) is 0.159. The fraction of sp³-hybridized carbons (Fsp3) is 0.733. The third kappa shape index (κ3) is 14.5. The number of cyclic esters (lactones) is 1. The third-order valence-electron chi connectivity index (χ3n) is 17.4. The van der Waals surface area contributed by atoms with Gasteiger partial charge in [0.05, 0.1) is 82.1 Å². The zero-order valence-corrected chi connectivity index (χ0v) is 51.1. The van der Waals surface area contributed by atoms with Gasteiger partial charge in [-0.15, -0.1) is 0 Å². The molecule has 2 aromatic rings. The summed E-state index contributed by atoms with van der Waals surface area (Å²) in [5.41, 5.74) is -1.23. The van der Waals surface area contributed by atoms with E-state index < -0.39 is 102 Å². The summed E-state index contributed by atoms with van der Waals surface area (Å²) in [5.74, 6) is -2.86. The lowest BCUT2D eigenvalue weighted by Gasteiger charge is -2.50. The van der Waals surface area contributed by atoms with E-state index in [1.54, 1.807) is 75.9 Å². The molecule has 3 fully saturated rings. The molecule has 2 aromatic carbocycles. The molecule has 4 aliphatic rings. The minimum atomic E-state index is -1.96. The molecule has 3 saturated heterocycles. The maximum absolute atomic E-state index is 14.2. The monoisotopic (exact) mass is 1150 g/mol. The maximum atomic E-state index is 14.2. The lowest BCUT2D eigenvalue weighted by atomic mass is 9.74. The number of likely N-dealkylation sites (N-methyl/N-ethyl adjacent to an activating group) is 1. The number of Topliss-reactive ketones (excluding diaryl/α,β-unsaturated/α-hetero) is 1. The first-order valence-corrected chi connectivity index (χ1v) is 28.1. The maximum Gasteiger partial charge on any atom is 0.311 e. The summed E-state index contributed by atoms with van der Waals surface area (Å²) >= 11 is 0. The van der Waals surface area contributed by atoms with Crippen molar-refractivity contribution in [1.29, 1.82) is 0 Å². The third-order valence-corrected chi connectivity index (χ3v) is 17.4. The second-order valence-electron chi connectivity index (χ2n) is 23.4. The van der Waals surface area contributed by atoms with Crippen molar-refractivity contribution in [3.63, 3.8) is 0 Å². The second-order valence-corrected chi connectivity index (χ2v) is 23.4. The van der Waals surface area contributed by atoms with Gasteiger partial charge in [-0.2, -0.15) is 0 Å². The molecule has 0 saturated carbocycles. The zero-order valence-electron chi connectivity index (χ0n) is 51.1. The van der Waals surface area contributed by atoms with Crippen LogP contribution in [0.25, 0.3) is 11.1 Å². The summed E-state index contributed by atoms with van der Waals surface area (Å²) in [4.78, 5) is 54.6. The van der Waals surface area contributed by atoms with Crippen LogP contribution in [0.2, 0.25) is 0 Å². The highest BCUT2D eigenvalue weighted by atomic mass is 16.7. The normalized spacial score (nSPS) is 36.7. The molecule has 21 heteroatoms. The number of carbonyl (C=O) groups is 3. The van der Waals surface area contributed by atoms with Crippen LogP contribution in [-0.4, -0.2) is 184 Å². The largest absolute Gasteiger partial charge is 0.493 e. The highest BCUT2D eigenvalue weighted by Gasteiger charge is 2.54. The number of fused-ring (bicyclic) bond motifs is 3. The van der Waals surface area contributed by atoms with E-state index in [1.807, 2.05) is 45.0 Å². The van der Waals surface area contributed by atoms with Crippen molar-refractivity contribution in [2.24, 2.45) is 23.7 Å². The number of rotatable bonds is 13. The fourth-order valence-electron chi connectivity index (χ4n) is 12.4. The van der Waals surface area contributed by atoms with Gasteiger partial charge in [-0.1, -0.05) is 33.8 Å². The number of amides is 1. The molecule has 1 amide bonds. The number of benzene rings is 1. The molecule has 3 heterocycles. The Hall–Kier alpha value is -4.52. The van der Waals surface area contributed by atoms with Crippen molar-refractivity contribution in [2.75, 3.05) is 56.8 Å². The Morgan fingerprint density at radius 3 is 1.98 bits per heavy atom. The highest BCUT2D eigenvalue weighted by molar-refractivity contribution is 5.84. The van der Waals surface area contributed by atoms with Gasteiger partial charge in [-0.05, 0) is 123 Å². The topological polar surface area (TPSA) is 266 Å². The van der Waals surface area contributed by atoms with E-state index in [1.165, 1.54) is 41.2 Å². The van der Waals surface area contributed by atoms with Crippen molar-refractivity contribution in [3.8, 4) is 34.1 Å². The summed E-state index contributed by atoms with van der Waals surface area (Å²) in [7, 11) is 12.9. The molecule has 1 aliphatic carbocycles. The molecule has 3 aliphatic heterocycles. The smallest absolute Gasteiger partial charge is 0.311 e. The Balaban J connectivity index is 0.000000348. The molecule has 5 N–H and O–H groups in total. The van der Waals surface area contributed by atoms with Crippen molar-refractivity contribution in [1.82, 2.24) is 10.2 Å². The fourth-order valence-corrected chi connectivity index (χ4v) is 12.4. The number of aliphatic hydroxyl groups excluding tert-OH is 3. The predicted molar refractivity (Wildman–Crippen MR) is 300 cm³/mol. The van der Waals surface area contributed by atoms with Crippen LogP contribution < -0.4 is 29.7 Å². The number of esters is 1. The summed E-state index contributed by atoms with van der Waals surface area (Å²) in [6.07, 6.45) is -7.46. The Bertz CT molecular complexity index is 2530. The van der Waals surface area contributed by atoms with E-state index in [0.717, 1.165) is 16.7 Å². The van der Waals surface area contributed by atoms with E-state index in [4.69, 9.17) is 52.1 Å². The highest BCUT2D eigenvalue weighted by Crippen LogP contribution is 2.50. The van der Waals surface area contributed by atoms with Gasteiger partial charge in [0.25, 0.3) is 0 Å². The molecule has 0 aromatic heterocycles. The predicted octanol–water partition coefficient (Wildman–Crippen LogP) is 5.31. The van der Waals surface area contributed by atoms with Crippen LogP contribution >= 0.6 is 0 Å². The Morgan fingerprint density at radius 2 is 1.42 bits per heavy atom. The molecule has 81 heavy (non-hydrogen) atoms. The number of nitrogens with one attached hydrogen (secondary N) is 1. The standard InChI is InChI=1S/C38H69NO13.C22H25NO6/c1-15-26-38(10,45)31(42)21(4)28(40)19(2)17-37(9,47-14)33(52-35-29(41)25(39(11)12)16-20(3)48-35)22(5)30(23(6)34(44)50-26)51-27-18-36(8,46-13)32(43)24(7)49-27;1-12(24)23-16-8-6-13-10-19(27-3)21(28-4)22(29-5)20(13)14-7-9-18(26-2)17(25)11-15(14)16/h19-27,29-33,35,41-43,45H,15-18H2,1-14H3;7,9-11,16H,6,8H2,1-5H3,(H,23,24)/t19-,20-,21+,22+,23-,24+,25+,26-,27+,29-,30+,31-,32+,33-,35+,36-,37-,38-;16-/m10/s1. The lowest BCUT2D eigenvalue weighted by molar-refractivity contribution is -0.319. The molecule has 458 valence electrons. The molecule has 0 unspecified atom stereocenters. The van der Waals surface area contributed by atoms with Gasteiger partial charge >= 0.3 is 5.97 Å². The zero-order chi connectivity index (χ0) is 60.8. The van der Waals surface area contributed by atoms with Crippen LogP contribution in [0.4, 0.5) is 0 Å². The van der Waals surface area contributed by atoms with Crippen LogP contribution in [0.3, 0.4) is 0 Å². The first-order valence-electron chi connectivity index (χ1n) is 28.1. The van der Waals surface area contributed by atoms with Crippen molar-refractivity contribution in [2.45, 2.75) is 205 Å². The Kier molecular flexibility index (Phi) is 23.2. The van der Waals surface area contributed by atoms with E-state index in [2.05, 4.69) is 5.32 Å². The van der Waals surface area contributed by atoms with E-state index in [-0.39, 0.29) is 60.3 Å². The molecule has 21 nitrogen and oxygen atoms in total.